The molecule has 28 heavy (non-hydrogen) atoms. The molecule has 7 heteroatoms. The number of likely N-dealkylation sites (N-methyl/N-ethyl adjacent to an activating group) is 1. The molecule has 6 nitrogen and oxygen atoms in total. The van der Waals surface area contributed by atoms with Crippen molar-refractivity contribution in [3.63, 3.8) is 0 Å². The molecule has 2 fully saturated rings. The van der Waals surface area contributed by atoms with Crippen LogP contribution in [0.4, 0.5) is 0 Å². The summed E-state index contributed by atoms with van der Waals surface area (Å²) in [7, 11) is 3.51. The van der Waals surface area contributed by atoms with Gasteiger partial charge in [-0.1, -0.05) is 30.3 Å². The van der Waals surface area contributed by atoms with E-state index in [4.69, 9.17) is 4.74 Å². The molecular weight excluding hydrogens is 372 g/mol. The predicted molar refractivity (Wildman–Crippen MR) is 116 cm³/mol. The summed E-state index contributed by atoms with van der Waals surface area (Å²) in [6.07, 6.45) is 3.06. The van der Waals surface area contributed by atoms with E-state index in [0.29, 0.717) is 12.0 Å². The van der Waals surface area contributed by atoms with Crippen molar-refractivity contribution in [2.75, 3.05) is 38.8 Å². The summed E-state index contributed by atoms with van der Waals surface area (Å²) < 4.78 is 6.14. The first-order chi connectivity index (χ1) is 13.5. The molecule has 2 N–H and O–H groups in total. The third-order valence-electron chi connectivity index (χ3n) is 5.42. The highest BCUT2D eigenvalue weighted by Crippen LogP contribution is 2.38. The Hall–Kier alpha value is -1.73. The molecule has 0 saturated carbocycles. The molecule has 1 aromatic rings. The summed E-state index contributed by atoms with van der Waals surface area (Å²) in [5, 5.41) is 7.06. The molecule has 2 saturated heterocycles. The number of aliphatic imine (C=N–C) groups is 1. The third kappa shape index (κ3) is 5.64. The van der Waals surface area contributed by atoms with Gasteiger partial charge in [0.1, 0.15) is 6.54 Å². The smallest absolute Gasteiger partial charge is 0.243 e. The number of hydrogen-bond donors (Lipinski definition) is 2. The van der Waals surface area contributed by atoms with Gasteiger partial charge in [-0.25, -0.2) is 4.99 Å². The topological polar surface area (TPSA) is 66.0 Å². The van der Waals surface area contributed by atoms with Gasteiger partial charge < -0.3 is 20.3 Å². The first-order valence-corrected chi connectivity index (χ1v) is 11.2. The summed E-state index contributed by atoms with van der Waals surface area (Å²) >= 11 is 1.98. The second kappa shape index (κ2) is 9.65. The van der Waals surface area contributed by atoms with Crippen LogP contribution in [-0.2, 0) is 9.53 Å². The maximum Gasteiger partial charge on any atom is 0.243 e. The molecule has 3 rings (SSSR count). The Labute approximate surface area is 172 Å². The van der Waals surface area contributed by atoms with Crippen LogP contribution in [0.1, 0.15) is 37.8 Å². The molecule has 154 valence electrons. The molecule has 0 radical (unpaired) electrons. The molecule has 1 aromatic carbocycles. The lowest BCUT2D eigenvalue weighted by Gasteiger charge is -2.38. The van der Waals surface area contributed by atoms with Crippen LogP contribution in [0.5, 0.6) is 0 Å². The highest BCUT2D eigenvalue weighted by atomic mass is 32.2. The summed E-state index contributed by atoms with van der Waals surface area (Å²) in [6.45, 7) is 3.02. The van der Waals surface area contributed by atoms with Crippen LogP contribution in [0.25, 0.3) is 0 Å². The molecule has 3 atom stereocenters. The Morgan fingerprint density at radius 1 is 1.39 bits per heavy atom. The van der Waals surface area contributed by atoms with E-state index >= 15 is 0 Å². The van der Waals surface area contributed by atoms with Crippen LogP contribution in [0.15, 0.2) is 35.3 Å². The Kier molecular flexibility index (Phi) is 7.24. The summed E-state index contributed by atoms with van der Waals surface area (Å²) in [4.78, 5) is 18.2. The minimum Gasteiger partial charge on any atom is -0.374 e. The SMILES string of the molecule is CC(NC(=NCC(=O)N(C)C)NC1CCOC2(CCSC2)C1)c1ccccc1. The zero-order valence-electron chi connectivity index (χ0n) is 17.1. The average molecular weight is 405 g/mol. The number of carbonyl (C=O) groups is 1. The normalized spacial score (nSPS) is 26.1. The van der Waals surface area contributed by atoms with Gasteiger partial charge in [0.2, 0.25) is 5.91 Å². The number of rotatable bonds is 5. The number of nitrogens with one attached hydrogen (secondary N) is 2. The minimum atomic E-state index is -0.0101. The van der Waals surface area contributed by atoms with E-state index in [9.17, 15) is 4.79 Å². The molecule has 2 heterocycles. The monoisotopic (exact) mass is 404 g/mol. The quantitative estimate of drug-likeness (QED) is 0.583. The highest BCUT2D eigenvalue weighted by molar-refractivity contribution is 7.99. The highest BCUT2D eigenvalue weighted by Gasteiger charge is 2.40. The van der Waals surface area contributed by atoms with Gasteiger partial charge in [0, 0.05) is 32.5 Å². The third-order valence-corrected chi connectivity index (χ3v) is 6.65. The van der Waals surface area contributed by atoms with Crippen molar-refractivity contribution in [3.8, 4) is 0 Å². The number of guanidine groups is 1. The summed E-state index contributed by atoms with van der Waals surface area (Å²) in [6, 6.07) is 10.7. The zero-order valence-corrected chi connectivity index (χ0v) is 17.9. The van der Waals surface area contributed by atoms with Crippen LogP contribution in [0.2, 0.25) is 0 Å². The van der Waals surface area contributed by atoms with Crippen LogP contribution >= 0.6 is 11.8 Å². The van der Waals surface area contributed by atoms with Gasteiger partial charge >= 0.3 is 0 Å². The number of thioether (sulfide) groups is 1. The molecule has 1 amide bonds. The van der Waals surface area contributed by atoms with Crippen molar-refractivity contribution in [1.29, 1.82) is 0 Å². The molecule has 2 aliphatic rings. The van der Waals surface area contributed by atoms with Crippen molar-refractivity contribution in [2.24, 2.45) is 4.99 Å². The first-order valence-electron chi connectivity index (χ1n) is 10.0. The van der Waals surface area contributed by atoms with E-state index < -0.39 is 0 Å². The lowest BCUT2D eigenvalue weighted by molar-refractivity contribution is -0.127. The lowest BCUT2D eigenvalue weighted by atomic mass is 9.90. The number of nitrogens with zero attached hydrogens (tertiary/aromatic N) is 2. The van der Waals surface area contributed by atoms with Crippen molar-refractivity contribution < 1.29 is 9.53 Å². The fourth-order valence-corrected chi connectivity index (χ4v) is 5.04. The van der Waals surface area contributed by atoms with Gasteiger partial charge in [-0.05, 0) is 37.5 Å². The van der Waals surface area contributed by atoms with Crippen molar-refractivity contribution in [3.05, 3.63) is 35.9 Å². The van der Waals surface area contributed by atoms with Gasteiger partial charge in [-0.15, -0.1) is 0 Å². The van der Waals surface area contributed by atoms with Crippen LogP contribution < -0.4 is 10.6 Å². The van der Waals surface area contributed by atoms with E-state index in [1.807, 2.05) is 30.0 Å². The van der Waals surface area contributed by atoms with Gasteiger partial charge in [0.15, 0.2) is 5.96 Å². The maximum atomic E-state index is 12.0. The first kappa shape index (κ1) is 21.0. The van der Waals surface area contributed by atoms with E-state index in [2.05, 4.69) is 34.7 Å². The maximum absolute atomic E-state index is 12.0. The molecule has 2 aliphatic heterocycles. The Balaban J connectivity index is 1.68. The molecule has 0 aromatic heterocycles. The number of hydrogen-bond acceptors (Lipinski definition) is 4. The van der Waals surface area contributed by atoms with Crippen LogP contribution in [-0.4, -0.2) is 67.2 Å². The van der Waals surface area contributed by atoms with Gasteiger partial charge in [-0.3, -0.25) is 4.79 Å². The fourth-order valence-electron chi connectivity index (χ4n) is 3.66. The predicted octanol–water partition coefficient (Wildman–Crippen LogP) is 2.43. The van der Waals surface area contributed by atoms with Crippen LogP contribution in [0, 0.1) is 0 Å². The van der Waals surface area contributed by atoms with Gasteiger partial charge in [-0.2, -0.15) is 11.8 Å². The molecule has 0 bridgehead atoms. The number of carbonyl (C=O) groups excluding carboxylic acids is 1. The molecule has 3 unspecified atom stereocenters. The molecule has 1 spiro atoms. The van der Waals surface area contributed by atoms with Gasteiger partial charge in [0.25, 0.3) is 0 Å². The number of ether oxygens (including phenoxy) is 1. The second-order valence-electron chi connectivity index (χ2n) is 7.90. The van der Waals surface area contributed by atoms with Crippen molar-refractivity contribution in [1.82, 2.24) is 15.5 Å². The van der Waals surface area contributed by atoms with Crippen molar-refractivity contribution >= 4 is 23.6 Å². The fraction of sp³-hybridized carbons (Fsp3) is 0.619. The standard InChI is InChI=1S/C21H32N4O2S/c1-16(17-7-5-4-6-8-17)23-20(22-14-19(26)25(2)3)24-18-9-11-27-21(13-18)10-12-28-15-21/h4-8,16,18H,9-15H2,1-3H3,(H2,22,23,24). The summed E-state index contributed by atoms with van der Waals surface area (Å²) in [5.41, 5.74) is 1.20. The van der Waals surface area contributed by atoms with E-state index in [-0.39, 0.29) is 24.1 Å². The lowest BCUT2D eigenvalue weighted by Crippen LogP contribution is -2.52. The van der Waals surface area contributed by atoms with E-state index in [1.54, 1.807) is 19.0 Å². The average Bonchev–Trinajstić information content (AvgIpc) is 3.13. The Morgan fingerprint density at radius 3 is 2.86 bits per heavy atom. The number of amides is 1. The summed E-state index contributed by atoms with van der Waals surface area (Å²) in [5.74, 6) is 2.93. The number of benzene rings is 1. The van der Waals surface area contributed by atoms with Crippen LogP contribution in [0.3, 0.4) is 0 Å². The Morgan fingerprint density at radius 2 is 2.18 bits per heavy atom. The second-order valence-corrected chi connectivity index (χ2v) is 9.00. The molecule has 0 aliphatic carbocycles. The largest absolute Gasteiger partial charge is 0.374 e. The zero-order chi connectivity index (χ0) is 20.0. The molecular formula is C21H32N4O2S. The van der Waals surface area contributed by atoms with E-state index in [1.165, 1.54) is 11.3 Å². The van der Waals surface area contributed by atoms with E-state index in [0.717, 1.165) is 31.6 Å². The van der Waals surface area contributed by atoms with Crippen molar-refractivity contribution in [2.45, 2.75) is 43.9 Å². The van der Waals surface area contributed by atoms with Gasteiger partial charge in [0.05, 0.1) is 11.6 Å². The minimum absolute atomic E-state index is 0.0101. The Bertz CT molecular complexity index is 674.